The summed E-state index contributed by atoms with van der Waals surface area (Å²) in [7, 11) is 0. The number of amides is 2. The molecule has 1 aromatic heterocycles. The van der Waals surface area contributed by atoms with Gasteiger partial charge in [0.25, 0.3) is 11.8 Å². The van der Waals surface area contributed by atoms with E-state index < -0.39 is 11.9 Å². The van der Waals surface area contributed by atoms with Crippen LogP contribution in [-0.2, 0) is 9.53 Å². The predicted molar refractivity (Wildman–Crippen MR) is 128 cm³/mol. The maximum Gasteiger partial charge on any atom is 0.290 e. The van der Waals surface area contributed by atoms with E-state index >= 15 is 0 Å². The van der Waals surface area contributed by atoms with E-state index in [9.17, 15) is 14.4 Å². The highest BCUT2D eigenvalue weighted by Gasteiger charge is 2.42. The van der Waals surface area contributed by atoms with E-state index in [-0.39, 0.29) is 23.7 Å². The molecule has 1 saturated heterocycles. The van der Waals surface area contributed by atoms with Crippen LogP contribution in [0.4, 0.5) is 0 Å². The number of carbonyl (C=O) groups excluding carboxylic acids is 2. The lowest BCUT2D eigenvalue weighted by atomic mass is 9.98. The van der Waals surface area contributed by atoms with E-state index in [2.05, 4.69) is 4.90 Å². The molecular weight excluding hydrogens is 450 g/mol. The fourth-order valence-electron chi connectivity index (χ4n) is 4.73. The van der Waals surface area contributed by atoms with Crippen LogP contribution < -0.4 is 15.9 Å². The lowest BCUT2D eigenvalue weighted by Crippen LogP contribution is -2.38. The Labute approximate surface area is 202 Å². The first kappa shape index (κ1) is 23.1. The monoisotopic (exact) mass is 477 g/mol. The van der Waals surface area contributed by atoms with E-state index in [1.54, 1.807) is 53.4 Å². The number of benzene rings is 2. The molecule has 0 bridgehead atoms. The zero-order valence-electron chi connectivity index (χ0n) is 19.3. The number of ether oxygens (including phenoxy) is 2. The van der Waals surface area contributed by atoms with Crippen LogP contribution in [0.15, 0.2) is 57.7 Å². The van der Waals surface area contributed by atoms with Crippen molar-refractivity contribution in [2.45, 2.75) is 12.5 Å². The molecule has 0 saturated carbocycles. The Hall–Kier alpha value is -3.69. The molecule has 3 aromatic rings. The van der Waals surface area contributed by atoms with Gasteiger partial charge in [0.15, 0.2) is 12.0 Å². The molecule has 2 amide bonds. The molecule has 0 aliphatic carbocycles. The van der Waals surface area contributed by atoms with E-state index in [4.69, 9.17) is 19.6 Å². The minimum absolute atomic E-state index is 0.0964. The fourth-order valence-corrected chi connectivity index (χ4v) is 4.73. The van der Waals surface area contributed by atoms with Gasteiger partial charge in [-0.25, -0.2) is 0 Å². The molecule has 2 aromatic carbocycles. The van der Waals surface area contributed by atoms with Gasteiger partial charge >= 0.3 is 0 Å². The molecular formula is C26H27N3O6. The summed E-state index contributed by atoms with van der Waals surface area (Å²) in [5.41, 5.74) is 6.46. The molecule has 1 atom stereocenters. The number of rotatable bonds is 8. The number of hydrogen-bond acceptors (Lipinski definition) is 7. The fraction of sp³-hybridized carbons (Fsp3) is 0.346. The highest BCUT2D eigenvalue weighted by Crippen LogP contribution is 2.38. The summed E-state index contributed by atoms with van der Waals surface area (Å²) in [5, 5.41) is 0.445. The second-order valence-electron chi connectivity index (χ2n) is 8.70. The number of carbonyl (C=O) groups is 2. The summed E-state index contributed by atoms with van der Waals surface area (Å²) in [6.45, 7) is 4.25. The van der Waals surface area contributed by atoms with Crippen LogP contribution >= 0.6 is 0 Å². The number of nitrogens with zero attached hydrogens (tertiary/aromatic N) is 2. The zero-order valence-corrected chi connectivity index (χ0v) is 19.3. The van der Waals surface area contributed by atoms with Gasteiger partial charge in [-0.15, -0.1) is 0 Å². The minimum Gasteiger partial charge on any atom is -0.484 e. The van der Waals surface area contributed by atoms with E-state index in [0.29, 0.717) is 42.0 Å². The average Bonchev–Trinajstić information content (AvgIpc) is 3.15. The summed E-state index contributed by atoms with van der Waals surface area (Å²) in [6, 6.07) is 13.4. The van der Waals surface area contributed by atoms with Crippen molar-refractivity contribution < 1.29 is 23.5 Å². The highest BCUT2D eigenvalue weighted by molar-refractivity contribution is 5.99. The Morgan fingerprint density at radius 3 is 2.51 bits per heavy atom. The molecule has 2 aliphatic rings. The SMILES string of the molecule is NC(=O)COc1ccc([C@@H]2c3c(oc4ccccc4c3=O)C(=O)N2CCCN2CCOCC2)cc1. The Bertz CT molecular complexity index is 1300. The third-order valence-electron chi connectivity index (χ3n) is 6.43. The van der Waals surface area contributed by atoms with Gasteiger partial charge in [0, 0.05) is 26.2 Å². The third kappa shape index (κ3) is 4.65. The molecule has 3 heterocycles. The minimum atomic E-state index is -0.576. The molecule has 2 N–H and O–H groups in total. The van der Waals surface area contributed by atoms with Gasteiger partial charge in [0.05, 0.1) is 30.2 Å². The number of para-hydroxylation sites is 1. The van der Waals surface area contributed by atoms with Gasteiger partial charge < -0.3 is 24.5 Å². The standard InChI is InChI=1S/C26H27N3O6/c27-21(30)16-34-18-8-6-17(7-9-18)23-22-24(31)19-4-1-2-5-20(19)35-25(22)26(32)29(23)11-3-10-28-12-14-33-15-13-28/h1-2,4-9,23H,3,10-16H2,(H2,27,30)/t23-/m1/s1. The number of primary amides is 1. The van der Waals surface area contributed by atoms with Crippen LogP contribution in [-0.4, -0.2) is 67.6 Å². The van der Waals surface area contributed by atoms with E-state index in [0.717, 1.165) is 31.6 Å². The molecule has 9 heteroatoms. The van der Waals surface area contributed by atoms with Crippen LogP contribution in [0.2, 0.25) is 0 Å². The Kier molecular flexibility index (Phi) is 6.52. The molecule has 0 unspecified atom stereocenters. The van der Waals surface area contributed by atoms with E-state index in [1.165, 1.54) is 0 Å². The van der Waals surface area contributed by atoms with Crippen LogP contribution in [0.3, 0.4) is 0 Å². The molecule has 9 nitrogen and oxygen atoms in total. The van der Waals surface area contributed by atoms with Gasteiger partial charge in [-0.3, -0.25) is 19.3 Å². The maximum atomic E-state index is 13.5. The first-order valence-corrected chi connectivity index (χ1v) is 11.7. The largest absolute Gasteiger partial charge is 0.484 e. The lowest BCUT2D eigenvalue weighted by molar-refractivity contribution is -0.119. The lowest BCUT2D eigenvalue weighted by Gasteiger charge is -2.29. The molecule has 0 radical (unpaired) electrons. The smallest absolute Gasteiger partial charge is 0.290 e. The molecule has 182 valence electrons. The summed E-state index contributed by atoms with van der Waals surface area (Å²) in [5.74, 6) is -0.287. The van der Waals surface area contributed by atoms with Gasteiger partial charge in [-0.2, -0.15) is 0 Å². The van der Waals surface area contributed by atoms with E-state index in [1.807, 2.05) is 0 Å². The third-order valence-corrected chi connectivity index (χ3v) is 6.43. The zero-order chi connectivity index (χ0) is 24.4. The summed E-state index contributed by atoms with van der Waals surface area (Å²) in [4.78, 5) is 42.1. The van der Waals surface area contributed by atoms with Gasteiger partial charge in [-0.1, -0.05) is 24.3 Å². The number of fused-ring (bicyclic) bond motifs is 2. The van der Waals surface area contributed by atoms with Crippen LogP contribution in [0.25, 0.3) is 11.0 Å². The topological polar surface area (TPSA) is 115 Å². The average molecular weight is 478 g/mol. The van der Waals surface area contributed by atoms with Crippen molar-refractivity contribution in [3.8, 4) is 5.75 Å². The Morgan fingerprint density at radius 1 is 1.03 bits per heavy atom. The summed E-state index contributed by atoms with van der Waals surface area (Å²) in [6.07, 6.45) is 0.754. The van der Waals surface area contributed by atoms with Crippen LogP contribution in [0, 0.1) is 0 Å². The molecule has 5 rings (SSSR count). The molecule has 35 heavy (non-hydrogen) atoms. The highest BCUT2D eigenvalue weighted by atomic mass is 16.5. The number of morpholine rings is 1. The van der Waals surface area contributed by atoms with Crippen molar-refractivity contribution in [2.24, 2.45) is 5.73 Å². The maximum absolute atomic E-state index is 13.5. The van der Waals surface area contributed by atoms with Crippen molar-refractivity contribution in [2.75, 3.05) is 46.0 Å². The van der Waals surface area contributed by atoms with Crippen molar-refractivity contribution in [1.29, 1.82) is 0 Å². The summed E-state index contributed by atoms with van der Waals surface area (Å²) < 4.78 is 16.8. The van der Waals surface area contributed by atoms with Crippen molar-refractivity contribution in [1.82, 2.24) is 9.80 Å². The Morgan fingerprint density at radius 2 is 1.77 bits per heavy atom. The van der Waals surface area contributed by atoms with Crippen LogP contribution in [0.5, 0.6) is 5.75 Å². The number of nitrogens with two attached hydrogens (primary N) is 1. The second-order valence-corrected chi connectivity index (χ2v) is 8.70. The first-order chi connectivity index (χ1) is 17.0. The van der Waals surface area contributed by atoms with Crippen molar-refractivity contribution in [3.05, 3.63) is 75.6 Å². The summed E-state index contributed by atoms with van der Waals surface area (Å²) >= 11 is 0. The second kappa shape index (κ2) is 9.89. The number of hydrogen-bond donors (Lipinski definition) is 1. The predicted octanol–water partition coefficient (Wildman–Crippen LogP) is 1.92. The molecule has 2 aliphatic heterocycles. The molecule has 0 spiro atoms. The van der Waals surface area contributed by atoms with Crippen molar-refractivity contribution >= 4 is 22.8 Å². The van der Waals surface area contributed by atoms with Crippen LogP contribution in [0.1, 0.15) is 34.1 Å². The molecule has 1 fully saturated rings. The first-order valence-electron chi connectivity index (χ1n) is 11.7. The quantitative estimate of drug-likeness (QED) is 0.527. The van der Waals surface area contributed by atoms with Gasteiger partial charge in [0.2, 0.25) is 5.76 Å². The van der Waals surface area contributed by atoms with Gasteiger partial charge in [0.1, 0.15) is 11.3 Å². The van der Waals surface area contributed by atoms with Gasteiger partial charge in [-0.05, 0) is 36.2 Å². The van der Waals surface area contributed by atoms with Crippen molar-refractivity contribution in [3.63, 3.8) is 0 Å². The normalized spacial score (nSPS) is 18.1. The Balaban J connectivity index is 1.47.